The molecule has 0 spiro atoms. The van der Waals surface area contributed by atoms with Crippen LogP contribution >= 0.6 is 12.2 Å². The first kappa shape index (κ1) is 18.8. The Kier molecular flexibility index (Phi) is 9.71. The highest BCUT2D eigenvalue weighted by molar-refractivity contribution is 7.80. The molecule has 0 aromatic heterocycles. The summed E-state index contributed by atoms with van der Waals surface area (Å²) in [5.41, 5.74) is 0.190. The number of anilines is 1. The number of rotatable bonds is 10. The fourth-order valence-electron chi connectivity index (χ4n) is 2.22. The van der Waals surface area contributed by atoms with Crippen LogP contribution < -0.4 is 10.6 Å². The summed E-state index contributed by atoms with van der Waals surface area (Å²) in [6, 6.07) is 3.38. The summed E-state index contributed by atoms with van der Waals surface area (Å²) in [6.07, 6.45) is 10.0. The molecule has 0 aliphatic heterocycles. The Morgan fingerprint density at radius 2 is 1.64 bits per heavy atom. The highest BCUT2D eigenvalue weighted by Gasteiger charge is 2.05. The molecule has 1 aromatic carbocycles. The minimum Gasteiger partial charge on any atom is -0.362 e. The molecule has 0 fully saturated rings. The molecule has 2 N–H and O–H groups in total. The lowest BCUT2D eigenvalue weighted by atomic mass is 10.1. The maximum Gasteiger partial charge on any atom is 0.170 e. The summed E-state index contributed by atoms with van der Waals surface area (Å²) in [5, 5.41) is 6.15. The van der Waals surface area contributed by atoms with Crippen LogP contribution in [0.1, 0.15) is 58.3 Å². The molecule has 0 heterocycles. The molecule has 1 aromatic rings. The maximum absolute atomic E-state index is 13.4. The van der Waals surface area contributed by atoms with Crippen molar-refractivity contribution in [3.05, 3.63) is 29.8 Å². The molecule has 0 aliphatic carbocycles. The van der Waals surface area contributed by atoms with E-state index in [2.05, 4.69) is 17.6 Å². The molecule has 0 aliphatic rings. The number of halogens is 2. The van der Waals surface area contributed by atoms with Gasteiger partial charge in [-0.05, 0) is 30.8 Å². The van der Waals surface area contributed by atoms with Crippen LogP contribution in [0.5, 0.6) is 0 Å². The van der Waals surface area contributed by atoms with E-state index in [1.807, 2.05) is 0 Å². The molecule has 1 rings (SSSR count). The van der Waals surface area contributed by atoms with E-state index in [4.69, 9.17) is 12.2 Å². The highest BCUT2D eigenvalue weighted by Crippen LogP contribution is 2.14. The molecule has 0 saturated carbocycles. The zero-order chi connectivity index (χ0) is 16.2. The van der Waals surface area contributed by atoms with Gasteiger partial charge in [0.2, 0.25) is 0 Å². The first-order valence-corrected chi connectivity index (χ1v) is 8.54. The van der Waals surface area contributed by atoms with Gasteiger partial charge < -0.3 is 10.6 Å². The number of nitrogens with one attached hydrogen (secondary N) is 2. The SMILES string of the molecule is CCCCCCCCCCNC(=S)Nc1ccc(F)cc1F. The Hall–Kier alpha value is -1.23. The average Bonchev–Trinajstić information content (AvgIpc) is 2.48. The van der Waals surface area contributed by atoms with Crippen molar-refractivity contribution < 1.29 is 8.78 Å². The summed E-state index contributed by atoms with van der Waals surface area (Å²) in [5.74, 6) is -1.24. The Balaban J connectivity index is 2.06. The van der Waals surface area contributed by atoms with E-state index >= 15 is 0 Å². The monoisotopic (exact) mass is 328 g/mol. The molecule has 5 heteroatoms. The number of benzene rings is 1. The summed E-state index contributed by atoms with van der Waals surface area (Å²) < 4.78 is 26.2. The predicted molar refractivity (Wildman–Crippen MR) is 93.2 cm³/mol. The van der Waals surface area contributed by atoms with Crippen molar-refractivity contribution >= 4 is 23.0 Å². The zero-order valence-electron chi connectivity index (χ0n) is 13.3. The van der Waals surface area contributed by atoms with Gasteiger partial charge in [0.25, 0.3) is 0 Å². The van der Waals surface area contributed by atoms with E-state index in [9.17, 15) is 8.78 Å². The Labute approximate surface area is 137 Å². The van der Waals surface area contributed by atoms with Crippen molar-refractivity contribution in [3.8, 4) is 0 Å². The Morgan fingerprint density at radius 1 is 1.00 bits per heavy atom. The second kappa shape index (κ2) is 11.4. The highest BCUT2D eigenvalue weighted by atomic mass is 32.1. The van der Waals surface area contributed by atoms with Gasteiger partial charge in [-0.25, -0.2) is 8.78 Å². The van der Waals surface area contributed by atoms with Gasteiger partial charge in [-0.15, -0.1) is 0 Å². The van der Waals surface area contributed by atoms with Gasteiger partial charge in [-0.1, -0.05) is 51.9 Å². The van der Waals surface area contributed by atoms with E-state index in [-0.39, 0.29) is 5.69 Å². The fourth-order valence-corrected chi connectivity index (χ4v) is 2.43. The average molecular weight is 328 g/mol. The lowest BCUT2D eigenvalue weighted by molar-refractivity contribution is 0.573. The van der Waals surface area contributed by atoms with Crippen LogP contribution in [0.25, 0.3) is 0 Å². The topological polar surface area (TPSA) is 24.1 Å². The molecule has 0 bridgehead atoms. The molecule has 0 amide bonds. The molecular weight excluding hydrogens is 302 g/mol. The molecule has 0 unspecified atom stereocenters. The van der Waals surface area contributed by atoms with E-state index < -0.39 is 11.6 Å². The van der Waals surface area contributed by atoms with Crippen molar-refractivity contribution in [2.75, 3.05) is 11.9 Å². The molecule has 124 valence electrons. The third kappa shape index (κ3) is 8.27. The number of hydrogen-bond donors (Lipinski definition) is 2. The van der Waals surface area contributed by atoms with Crippen molar-refractivity contribution in [2.24, 2.45) is 0 Å². The van der Waals surface area contributed by atoms with Crippen LogP contribution in [-0.4, -0.2) is 11.7 Å². The normalized spacial score (nSPS) is 10.5. The largest absolute Gasteiger partial charge is 0.362 e. The van der Waals surface area contributed by atoms with Gasteiger partial charge in [0, 0.05) is 12.6 Å². The standard InChI is InChI=1S/C17H26F2N2S/c1-2-3-4-5-6-7-8-9-12-20-17(22)21-16-11-10-14(18)13-15(16)19/h10-11,13H,2-9,12H2,1H3,(H2,20,21,22). The van der Waals surface area contributed by atoms with Gasteiger partial charge >= 0.3 is 0 Å². The molecule has 2 nitrogen and oxygen atoms in total. The van der Waals surface area contributed by atoms with Crippen molar-refractivity contribution in [1.29, 1.82) is 0 Å². The fraction of sp³-hybridized carbons (Fsp3) is 0.588. The second-order valence-electron chi connectivity index (χ2n) is 5.48. The van der Waals surface area contributed by atoms with Gasteiger partial charge in [0.15, 0.2) is 5.11 Å². The number of hydrogen-bond acceptors (Lipinski definition) is 1. The van der Waals surface area contributed by atoms with E-state index in [0.717, 1.165) is 19.0 Å². The van der Waals surface area contributed by atoms with Crippen LogP contribution in [0.2, 0.25) is 0 Å². The summed E-state index contributed by atoms with van der Waals surface area (Å²) in [7, 11) is 0. The lowest BCUT2D eigenvalue weighted by Crippen LogP contribution is -2.29. The quantitative estimate of drug-likeness (QED) is 0.445. The maximum atomic E-state index is 13.4. The molecule has 0 radical (unpaired) electrons. The summed E-state index contributed by atoms with van der Waals surface area (Å²) >= 11 is 5.09. The van der Waals surface area contributed by atoms with E-state index in [0.29, 0.717) is 5.11 Å². The van der Waals surface area contributed by atoms with Gasteiger partial charge in [0.1, 0.15) is 11.6 Å². The number of unbranched alkanes of at least 4 members (excludes halogenated alkanes) is 7. The molecule has 0 saturated heterocycles. The first-order valence-electron chi connectivity index (χ1n) is 8.13. The number of thiocarbonyl (C=S) groups is 1. The Morgan fingerprint density at radius 3 is 2.27 bits per heavy atom. The zero-order valence-corrected chi connectivity index (χ0v) is 14.1. The predicted octanol–water partition coefficient (Wildman–Crippen LogP) is 5.39. The molecule has 22 heavy (non-hydrogen) atoms. The van der Waals surface area contributed by atoms with Gasteiger partial charge in [-0.2, -0.15) is 0 Å². The van der Waals surface area contributed by atoms with Crippen molar-refractivity contribution in [3.63, 3.8) is 0 Å². The third-order valence-corrected chi connectivity index (χ3v) is 3.74. The first-order chi connectivity index (χ1) is 10.6. The van der Waals surface area contributed by atoms with E-state index in [1.165, 1.54) is 57.1 Å². The van der Waals surface area contributed by atoms with E-state index in [1.54, 1.807) is 0 Å². The minimum absolute atomic E-state index is 0.190. The van der Waals surface area contributed by atoms with Crippen molar-refractivity contribution in [2.45, 2.75) is 58.3 Å². The van der Waals surface area contributed by atoms with Crippen LogP contribution in [0.15, 0.2) is 18.2 Å². The summed E-state index contributed by atoms with van der Waals surface area (Å²) in [6.45, 7) is 2.99. The smallest absolute Gasteiger partial charge is 0.170 e. The van der Waals surface area contributed by atoms with Gasteiger partial charge in [0.05, 0.1) is 5.69 Å². The molecular formula is C17H26F2N2S. The van der Waals surface area contributed by atoms with Crippen LogP contribution in [0, 0.1) is 11.6 Å². The lowest BCUT2D eigenvalue weighted by Gasteiger charge is -2.11. The third-order valence-electron chi connectivity index (χ3n) is 3.50. The van der Waals surface area contributed by atoms with Crippen LogP contribution in [0.4, 0.5) is 14.5 Å². The van der Waals surface area contributed by atoms with Gasteiger partial charge in [-0.3, -0.25) is 0 Å². The van der Waals surface area contributed by atoms with Crippen molar-refractivity contribution in [1.82, 2.24) is 5.32 Å². The molecule has 0 atom stereocenters. The van der Waals surface area contributed by atoms with Crippen LogP contribution in [0.3, 0.4) is 0 Å². The second-order valence-corrected chi connectivity index (χ2v) is 5.89. The minimum atomic E-state index is -0.642. The Bertz CT molecular complexity index is 452. The van der Waals surface area contributed by atoms with Crippen LogP contribution in [-0.2, 0) is 0 Å². The summed E-state index contributed by atoms with van der Waals surface area (Å²) in [4.78, 5) is 0.